The minimum atomic E-state index is -0.152. The van der Waals surface area contributed by atoms with Gasteiger partial charge in [-0.05, 0) is 40.6 Å². The molecule has 0 aliphatic heterocycles. The summed E-state index contributed by atoms with van der Waals surface area (Å²) in [5.41, 5.74) is 3.17. The fraction of sp³-hybridized carbons (Fsp3) is 0.294. The number of thiophene rings is 1. The highest BCUT2D eigenvalue weighted by molar-refractivity contribution is 7.13. The van der Waals surface area contributed by atoms with E-state index in [0.29, 0.717) is 5.82 Å². The molecule has 1 aromatic carbocycles. The molecule has 24 heavy (non-hydrogen) atoms. The molecular formula is C17H19N5OS. The Morgan fingerprint density at radius 3 is 2.54 bits per heavy atom. The molecule has 0 aliphatic carbocycles. The number of hydrogen-bond donors (Lipinski definition) is 1. The van der Waals surface area contributed by atoms with Gasteiger partial charge < -0.3 is 5.32 Å². The Kier molecular flexibility index (Phi) is 5.00. The number of carbonyl (C=O) groups is 1. The normalized spacial score (nSPS) is 10.8. The number of nitrogens with one attached hydrogen (secondary N) is 1. The quantitative estimate of drug-likeness (QED) is 0.747. The van der Waals surface area contributed by atoms with Crippen molar-refractivity contribution >= 4 is 22.9 Å². The molecule has 6 nitrogen and oxygen atoms in total. The lowest BCUT2D eigenvalue weighted by Gasteiger charge is -2.14. The Morgan fingerprint density at radius 2 is 1.92 bits per heavy atom. The van der Waals surface area contributed by atoms with E-state index in [1.165, 1.54) is 4.80 Å². The number of rotatable bonds is 6. The number of hydrogen-bond acceptors (Lipinski definition) is 5. The summed E-state index contributed by atoms with van der Waals surface area (Å²) in [6.45, 7) is 4.20. The van der Waals surface area contributed by atoms with E-state index >= 15 is 0 Å². The van der Waals surface area contributed by atoms with Crippen molar-refractivity contribution in [2.45, 2.75) is 33.2 Å². The number of amides is 1. The van der Waals surface area contributed by atoms with Crippen LogP contribution in [0.1, 0.15) is 25.0 Å². The van der Waals surface area contributed by atoms with Gasteiger partial charge in [0.15, 0.2) is 0 Å². The molecule has 0 bridgehead atoms. The minimum Gasteiger partial charge on any atom is -0.324 e. The first-order valence-corrected chi connectivity index (χ1v) is 8.81. The Bertz CT molecular complexity index is 803. The summed E-state index contributed by atoms with van der Waals surface area (Å²) in [5, 5.41) is 17.2. The second-order valence-electron chi connectivity index (χ2n) is 5.33. The Labute approximate surface area is 144 Å². The molecule has 1 amide bonds. The number of nitrogens with zero attached hydrogens (tertiary/aromatic N) is 4. The number of carbonyl (C=O) groups excluding carboxylic acids is 1. The van der Waals surface area contributed by atoms with Gasteiger partial charge in [0.1, 0.15) is 6.54 Å². The zero-order valence-corrected chi connectivity index (χ0v) is 14.5. The van der Waals surface area contributed by atoms with E-state index in [1.54, 1.807) is 11.3 Å². The van der Waals surface area contributed by atoms with E-state index in [-0.39, 0.29) is 12.5 Å². The van der Waals surface area contributed by atoms with Crippen LogP contribution in [0.2, 0.25) is 0 Å². The van der Waals surface area contributed by atoms with Crippen LogP contribution in [0.15, 0.2) is 35.7 Å². The number of aryl methyl sites for hydroxylation is 2. The molecule has 124 valence electrons. The second-order valence-corrected chi connectivity index (χ2v) is 6.27. The molecule has 0 spiro atoms. The first kappa shape index (κ1) is 16.3. The molecule has 1 N–H and O–H groups in total. The van der Waals surface area contributed by atoms with E-state index < -0.39 is 0 Å². The standard InChI is InChI=1S/C17H19N5OS/c1-3-12-7-5-8-13(4-2)16(12)18-15(23)11-22-20-17(19-21-22)14-9-6-10-24-14/h5-10H,3-4,11H2,1-2H3,(H,18,23). The van der Waals surface area contributed by atoms with Crippen molar-refractivity contribution in [3.63, 3.8) is 0 Å². The Hall–Kier alpha value is -2.54. The Balaban J connectivity index is 1.73. The molecule has 0 fully saturated rings. The first-order chi connectivity index (χ1) is 11.7. The van der Waals surface area contributed by atoms with Crippen molar-refractivity contribution in [1.82, 2.24) is 20.2 Å². The maximum Gasteiger partial charge on any atom is 0.248 e. The lowest BCUT2D eigenvalue weighted by molar-refractivity contribution is -0.117. The van der Waals surface area contributed by atoms with E-state index in [9.17, 15) is 4.79 Å². The molecule has 3 aromatic rings. The van der Waals surface area contributed by atoms with Crippen LogP contribution < -0.4 is 5.32 Å². The second kappa shape index (κ2) is 7.35. The van der Waals surface area contributed by atoms with E-state index in [1.807, 2.05) is 35.7 Å². The minimum absolute atomic E-state index is 0.0412. The maximum absolute atomic E-state index is 12.4. The van der Waals surface area contributed by atoms with Gasteiger partial charge in [-0.15, -0.1) is 21.5 Å². The lowest BCUT2D eigenvalue weighted by Crippen LogP contribution is -2.22. The molecular weight excluding hydrogens is 322 g/mol. The highest BCUT2D eigenvalue weighted by atomic mass is 32.1. The highest BCUT2D eigenvalue weighted by Crippen LogP contribution is 2.23. The van der Waals surface area contributed by atoms with Crippen molar-refractivity contribution in [2.24, 2.45) is 0 Å². The van der Waals surface area contributed by atoms with Gasteiger partial charge in [-0.25, -0.2) is 0 Å². The van der Waals surface area contributed by atoms with E-state index in [0.717, 1.165) is 34.5 Å². The van der Waals surface area contributed by atoms with E-state index in [2.05, 4.69) is 34.6 Å². The van der Waals surface area contributed by atoms with Gasteiger partial charge >= 0.3 is 0 Å². The van der Waals surface area contributed by atoms with Crippen molar-refractivity contribution in [3.05, 3.63) is 46.8 Å². The predicted molar refractivity (Wildman–Crippen MR) is 95.0 cm³/mol. The fourth-order valence-electron chi connectivity index (χ4n) is 2.53. The summed E-state index contributed by atoms with van der Waals surface area (Å²) in [5.74, 6) is 0.390. The van der Waals surface area contributed by atoms with Crippen molar-refractivity contribution in [2.75, 3.05) is 5.32 Å². The van der Waals surface area contributed by atoms with Gasteiger partial charge in [0.2, 0.25) is 11.7 Å². The lowest BCUT2D eigenvalue weighted by atomic mass is 10.0. The monoisotopic (exact) mass is 341 g/mol. The van der Waals surface area contributed by atoms with Gasteiger partial charge in [-0.3, -0.25) is 4.79 Å². The molecule has 0 saturated heterocycles. The van der Waals surface area contributed by atoms with Gasteiger partial charge in [-0.2, -0.15) is 4.80 Å². The van der Waals surface area contributed by atoms with Crippen LogP contribution in [0, 0.1) is 0 Å². The Morgan fingerprint density at radius 1 is 1.17 bits per heavy atom. The summed E-state index contributed by atoms with van der Waals surface area (Å²) in [6, 6.07) is 9.97. The number of para-hydroxylation sites is 1. The largest absolute Gasteiger partial charge is 0.324 e. The third-order valence-corrected chi connectivity index (χ3v) is 4.61. The van der Waals surface area contributed by atoms with Gasteiger partial charge in [0.25, 0.3) is 0 Å². The van der Waals surface area contributed by atoms with Crippen molar-refractivity contribution < 1.29 is 4.79 Å². The van der Waals surface area contributed by atoms with E-state index in [4.69, 9.17) is 0 Å². The molecule has 0 unspecified atom stereocenters. The number of anilines is 1. The summed E-state index contributed by atoms with van der Waals surface area (Å²) in [4.78, 5) is 14.6. The van der Waals surface area contributed by atoms with Crippen LogP contribution in [0.25, 0.3) is 10.7 Å². The summed E-state index contributed by atoms with van der Waals surface area (Å²) >= 11 is 1.54. The summed E-state index contributed by atoms with van der Waals surface area (Å²) < 4.78 is 0. The maximum atomic E-state index is 12.4. The first-order valence-electron chi connectivity index (χ1n) is 7.93. The third-order valence-electron chi connectivity index (χ3n) is 3.74. The molecule has 0 aliphatic rings. The van der Waals surface area contributed by atoms with Gasteiger partial charge in [0.05, 0.1) is 4.88 Å². The summed E-state index contributed by atoms with van der Waals surface area (Å²) in [7, 11) is 0. The van der Waals surface area contributed by atoms with Crippen LogP contribution in [0.5, 0.6) is 0 Å². The average Bonchev–Trinajstić information content (AvgIpc) is 3.26. The molecule has 7 heteroatoms. The smallest absolute Gasteiger partial charge is 0.248 e. The molecule has 0 radical (unpaired) electrons. The number of tetrazole rings is 1. The van der Waals surface area contributed by atoms with Crippen LogP contribution in [-0.4, -0.2) is 26.1 Å². The van der Waals surface area contributed by atoms with Crippen LogP contribution in [-0.2, 0) is 24.2 Å². The topological polar surface area (TPSA) is 72.7 Å². The van der Waals surface area contributed by atoms with Crippen LogP contribution >= 0.6 is 11.3 Å². The molecule has 3 rings (SSSR count). The fourth-order valence-corrected chi connectivity index (χ4v) is 3.17. The highest BCUT2D eigenvalue weighted by Gasteiger charge is 2.13. The molecule has 2 heterocycles. The predicted octanol–water partition coefficient (Wildman–Crippen LogP) is 3.17. The van der Waals surface area contributed by atoms with Crippen molar-refractivity contribution in [3.8, 4) is 10.7 Å². The van der Waals surface area contributed by atoms with Gasteiger partial charge in [0, 0.05) is 5.69 Å². The number of aromatic nitrogens is 4. The number of benzene rings is 1. The zero-order chi connectivity index (χ0) is 16.9. The third kappa shape index (κ3) is 3.51. The molecule has 0 saturated carbocycles. The summed E-state index contributed by atoms with van der Waals surface area (Å²) in [6.07, 6.45) is 1.74. The zero-order valence-electron chi connectivity index (χ0n) is 13.7. The average molecular weight is 341 g/mol. The van der Waals surface area contributed by atoms with Crippen LogP contribution in [0.3, 0.4) is 0 Å². The SMILES string of the molecule is CCc1cccc(CC)c1NC(=O)Cn1nnc(-c2cccs2)n1. The van der Waals surface area contributed by atoms with Crippen molar-refractivity contribution in [1.29, 1.82) is 0 Å². The van der Waals surface area contributed by atoms with Crippen LogP contribution in [0.4, 0.5) is 5.69 Å². The molecule has 0 atom stereocenters. The van der Waals surface area contributed by atoms with Gasteiger partial charge in [-0.1, -0.05) is 38.1 Å². The molecule has 2 aromatic heterocycles.